The molecule has 0 aliphatic rings. The zero-order chi connectivity index (χ0) is 21.7. The lowest BCUT2D eigenvalue weighted by molar-refractivity contribution is 0.0475. The molecule has 0 aliphatic heterocycles. The van der Waals surface area contributed by atoms with Gasteiger partial charge in [-0.25, -0.2) is 4.79 Å². The molecular formula is C22H14BrCl2NO4. The molecule has 0 aliphatic carbocycles. The third kappa shape index (κ3) is 5.69. The highest BCUT2D eigenvalue weighted by Gasteiger charge is 2.14. The minimum absolute atomic E-state index is 0.232. The summed E-state index contributed by atoms with van der Waals surface area (Å²) >= 11 is 15.2. The summed E-state index contributed by atoms with van der Waals surface area (Å²) in [5.41, 5.74) is 1.44. The predicted molar refractivity (Wildman–Crippen MR) is 120 cm³/mol. The first-order valence-corrected chi connectivity index (χ1v) is 10.2. The molecule has 0 unspecified atom stereocenters. The van der Waals surface area contributed by atoms with E-state index in [2.05, 4.69) is 21.2 Å². The molecule has 0 radical (unpaired) electrons. The third-order valence-electron chi connectivity index (χ3n) is 4.05. The van der Waals surface area contributed by atoms with Crippen molar-refractivity contribution in [2.75, 3.05) is 11.9 Å². The van der Waals surface area contributed by atoms with E-state index < -0.39 is 11.9 Å². The number of ketones is 1. The summed E-state index contributed by atoms with van der Waals surface area (Å²) in [7, 11) is 0. The van der Waals surface area contributed by atoms with Crippen molar-refractivity contribution < 1.29 is 19.1 Å². The molecule has 0 saturated heterocycles. The molecule has 0 aromatic heterocycles. The maximum absolute atomic E-state index is 12.3. The van der Waals surface area contributed by atoms with Crippen molar-refractivity contribution in [2.45, 2.75) is 0 Å². The van der Waals surface area contributed by atoms with Crippen LogP contribution in [0.2, 0.25) is 10.0 Å². The van der Waals surface area contributed by atoms with Gasteiger partial charge in [-0.3, -0.25) is 9.59 Å². The number of carbonyl (C=O) groups excluding carboxylic acids is 3. The van der Waals surface area contributed by atoms with Gasteiger partial charge < -0.3 is 10.1 Å². The second-order valence-electron chi connectivity index (χ2n) is 6.16. The summed E-state index contributed by atoms with van der Waals surface area (Å²) in [5.74, 6) is -1.36. The number of esters is 1. The number of nitrogens with one attached hydrogen (secondary N) is 1. The van der Waals surface area contributed by atoms with Crippen LogP contribution in [0.25, 0.3) is 0 Å². The van der Waals surface area contributed by atoms with E-state index in [1.54, 1.807) is 42.5 Å². The van der Waals surface area contributed by atoms with Gasteiger partial charge in [0.1, 0.15) is 0 Å². The van der Waals surface area contributed by atoms with Crippen LogP contribution in [0, 0.1) is 0 Å². The summed E-state index contributed by atoms with van der Waals surface area (Å²) < 4.78 is 5.92. The van der Waals surface area contributed by atoms with Crippen LogP contribution >= 0.6 is 39.1 Å². The number of hydrogen-bond acceptors (Lipinski definition) is 4. The van der Waals surface area contributed by atoms with Crippen molar-refractivity contribution in [3.63, 3.8) is 0 Å². The van der Waals surface area contributed by atoms with Crippen LogP contribution in [0.4, 0.5) is 5.69 Å². The summed E-state index contributed by atoms with van der Waals surface area (Å²) in [6.07, 6.45) is 0. The van der Waals surface area contributed by atoms with Crippen molar-refractivity contribution in [1.82, 2.24) is 0 Å². The summed E-state index contributed by atoms with van der Waals surface area (Å²) in [6, 6.07) is 17.4. The third-order valence-corrected chi connectivity index (χ3v) is 5.13. The molecule has 0 heterocycles. The van der Waals surface area contributed by atoms with Gasteiger partial charge in [0.2, 0.25) is 0 Å². The average Bonchev–Trinajstić information content (AvgIpc) is 2.72. The van der Waals surface area contributed by atoms with E-state index in [0.717, 1.165) is 4.47 Å². The second-order valence-corrected chi connectivity index (χ2v) is 7.92. The van der Waals surface area contributed by atoms with Crippen LogP contribution in [0.3, 0.4) is 0 Å². The van der Waals surface area contributed by atoms with Gasteiger partial charge in [-0.15, -0.1) is 0 Å². The molecule has 3 rings (SSSR count). The van der Waals surface area contributed by atoms with Gasteiger partial charge in [-0.05, 0) is 54.6 Å². The molecule has 30 heavy (non-hydrogen) atoms. The molecule has 152 valence electrons. The number of ether oxygens (including phenoxy) is 1. The Morgan fingerprint density at radius 2 is 1.50 bits per heavy atom. The van der Waals surface area contributed by atoms with Crippen molar-refractivity contribution in [1.29, 1.82) is 0 Å². The Hall–Kier alpha value is -2.67. The lowest BCUT2D eigenvalue weighted by atomic mass is 10.1. The number of anilines is 1. The number of halogens is 3. The number of amides is 1. The first-order chi connectivity index (χ1) is 14.3. The monoisotopic (exact) mass is 505 g/mol. The summed E-state index contributed by atoms with van der Waals surface area (Å²) in [5, 5.41) is 3.35. The SMILES string of the molecule is O=C(COC(=O)c1ccc(NC(=O)c2ccc(Cl)cc2Cl)cc1)c1ccc(Br)cc1. The second kappa shape index (κ2) is 9.89. The Balaban J connectivity index is 1.58. The van der Waals surface area contributed by atoms with E-state index >= 15 is 0 Å². The van der Waals surface area contributed by atoms with Crippen LogP contribution in [-0.2, 0) is 4.74 Å². The van der Waals surface area contributed by atoms with E-state index in [1.807, 2.05) is 0 Å². The number of rotatable bonds is 6. The predicted octanol–water partition coefficient (Wildman–Crippen LogP) is 6.05. The highest BCUT2D eigenvalue weighted by Crippen LogP contribution is 2.22. The van der Waals surface area contributed by atoms with Crippen LogP contribution in [0.15, 0.2) is 71.2 Å². The fraction of sp³-hybridized carbons (Fsp3) is 0.0455. The molecule has 0 saturated carbocycles. The van der Waals surface area contributed by atoms with Crippen LogP contribution in [0.5, 0.6) is 0 Å². The van der Waals surface area contributed by atoms with Crippen molar-refractivity contribution >= 4 is 62.5 Å². The molecule has 8 heteroatoms. The van der Waals surface area contributed by atoms with Crippen LogP contribution < -0.4 is 5.32 Å². The van der Waals surface area contributed by atoms with Gasteiger partial charge in [-0.2, -0.15) is 0 Å². The fourth-order valence-corrected chi connectivity index (χ4v) is 3.25. The fourth-order valence-electron chi connectivity index (χ4n) is 2.50. The first kappa shape index (κ1) is 22.0. The number of benzene rings is 3. The molecule has 3 aromatic carbocycles. The topological polar surface area (TPSA) is 72.5 Å². The number of Topliss-reactive ketones (excluding diaryl/α,β-unsaturated/α-hetero) is 1. The Labute approximate surface area is 191 Å². The lowest BCUT2D eigenvalue weighted by Gasteiger charge is -2.08. The quantitative estimate of drug-likeness (QED) is 0.326. The highest BCUT2D eigenvalue weighted by atomic mass is 79.9. The Morgan fingerprint density at radius 1 is 0.867 bits per heavy atom. The van der Waals surface area contributed by atoms with Gasteiger partial charge in [0.15, 0.2) is 12.4 Å². The normalized spacial score (nSPS) is 10.4. The highest BCUT2D eigenvalue weighted by molar-refractivity contribution is 9.10. The molecular weight excluding hydrogens is 493 g/mol. The molecule has 5 nitrogen and oxygen atoms in total. The van der Waals surface area contributed by atoms with Crippen LogP contribution in [-0.4, -0.2) is 24.3 Å². The largest absolute Gasteiger partial charge is 0.454 e. The Morgan fingerprint density at radius 3 is 2.13 bits per heavy atom. The zero-order valence-corrected chi connectivity index (χ0v) is 18.4. The van der Waals surface area contributed by atoms with E-state index in [-0.39, 0.29) is 28.5 Å². The molecule has 0 bridgehead atoms. The molecule has 0 fully saturated rings. The zero-order valence-electron chi connectivity index (χ0n) is 15.3. The van der Waals surface area contributed by atoms with Gasteiger partial charge in [-0.1, -0.05) is 51.3 Å². The van der Waals surface area contributed by atoms with Crippen LogP contribution in [0.1, 0.15) is 31.1 Å². The molecule has 0 spiro atoms. The maximum Gasteiger partial charge on any atom is 0.338 e. The minimum atomic E-state index is -0.640. The van der Waals surface area contributed by atoms with Gasteiger partial charge in [0, 0.05) is 20.7 Å². The van der Waals surface area contributed by atoms with Crippen molar-refractivity contribution in [3.8, 4) is 0 Å². The minimum Gasteiger partial charge on any atom is -0.454 e. The van der Waals surface area contributed by atoms with E-state index in [4.69, 9.17) is 27.9 Å². The van der Waals surface area contributed by atoms with Gasteiger partial charge in [0.05, 0.1) is 16.1 Å². The van der Waals surface area contributed by atoms with E-state index in [1.165, 1.54) is 24.3 Å². The molecule has 1 N–H and O–H groups in total. The van der Waals surface area contributed by atoms with Gasteiger partial charge >= 0.3 is 5.97 Å². The van der Waals surface area contributed by atoms with Crippen molar-refractivity contribution in [2.24, 2.45) is 0 Å². The summed E-state index contributed by atoms with van der Waals surface area (Å²) in [4.78, 5) is 36.6. The lowest BCUT2D eigenvalue weighted by Crippen LogP contribution is -2.15. The smallest absolute Gasteiger partial charge is 0.338 e. The van der Waals surface area contributed by atoms with E-state index in [0.29, 0.717) is 16.3 Å². The Bertz CT molecular complexity index is 1100. The molecule has 1 amide bonds. The van der Waals surface area contributed by atoms with E-state index in [9.17, 15) is 14.4 Å². The van der Waals surface area contributed by atoms with Crippen molar-refractivity contribution in [3.05, 3.63) is 97.9 Å². The molecule has 0 atom stereocenters. The first-order valence-electron chi connectivity index (χ1n) is 8.66. The number of carbonyl (C=O) groups is 3. The maximum atomic E-state index is 12.3. The standard InChI is InChI=1S/C22H14BrCl2NO4/c23-15-5-1-13(2-6-15)20(27)12-30-22(29)14-3-8-17(9-4-14)26-21(28)18-10-7-16(24)11-19(18)25/h1-11H,12H2,(H,26,28). The average molecular weight is 507 g/mol. The summed E-state index contributed by atoms with van der Waals surface area (Å²) in [6.45, 7) is -0.367. The number of hydrogen-bond donors (Lipinski definition) is 1. The van der Waals surface area contributed by atoms with Gasteiger partial charge in [0.25, 0.3) is 5.91 Å². The molecule has 3 aromatic rings. The Kier molecular flexibility index (Phi) is 7.26.